The van der Waals surface area contributed by atoms with E-state index in [1.54, 1.807) is 12.4 Å². The number of carbonyl (C=O) groups is 1. The average molecular weight is 524 g/mol. The van der Waals surface area contributed by atoms with E-state index in [9.17, 15) is 9.18 Å². The number of ether oxygens (including phenoxy) is 3. The second-order valence-electron chi connectivity index (χ2n) is 9.74. The third kappa shape index (κ3) is 6.25. The van der Waals surface area contributed by atoms with Gasteiger partial charge in [-0.2, -0.15) is 0 Å². The van der Waals surface area contributed by atoms with Gasteiger partial charge in [0.15, 0.2) is 11.6 Å². The number of nitrogens with zero attached hydrogens (tertiary/aromatic N) is 4. The van der Waals surface area contributed by atoms with Crippen molar-refractivity contribution in [1.29, 1.82) is 0 Å². The van der Waals surface area contributed by atoms with Crippen LogP contribution in [0.1, 0.15) is 45.1 Å². The number of nitrogens with one attached hydrogen (secondary N) is 1. The molecule has 38 heavy (non-hydrogen) atoms. The maximum absolute atomic E-state index is 13.8. The van der Waals surface area contributed by atoms with Gasteiger partial charge in [-0.25, -0.2) is 19.3 Å². The monoisotopic (exact) mass is 523 g/mol. The number of Topliss-reactive ketones (excluding diaryl/α,β-unsaturated/α-hetero) is 1. The fourth-order valence-corrected chi connectivity index (χ4v) is 5.27. The number of rotatable bonds is 13. The highest BCUT2D eigenvalue weighted by Gasteiger charge is 2.26. The van der Waals surface area contributed by atoms with Crippen molar-refractivity contribution in [3.05, 3.63) is 42.7 Å². The summed E-state index contributed by atoms with van der Waals surface area (Å²) in [4.78, 5) is 29.1. The van der Waals surface area contributed by atoms with Crippen molar-refractivity contribution in [3.8, 4) is 11.4 Å². The van der Waals surface area contributed by atoms with E-state index >= 15 is 0 Å². The lowest BCUT2D eigenvalue weighted by atomic mass is 9.82. The Morgan fingerprint density at radius 1 is 1.13 bits per heavy atom. The largest absolute Gasteiger partial charge is 0.379 e. The first-order chi connectivity index (χ1) is 18.6. The van der Waals surface area contributed by atoms with Gasteiger partial charge in [-0.15, -0.1) is 0 Å². The number of aromatic amines is 1. The third-order valence-electron chi connectivity index (χ3n) is 7.07. The standard InChI is InChI=1S/C28H34FN5O4/c1-2-36-8-9-37-10-11-38-18-23(35)13-19-4-3-5-22(12-19)34-7-6-20-15-30-27(33-28(20)34)25-17-32-26-24(25)14-21(29)16-31-26/h6-7,14-17,19,22H,2-5,8-13,18H2,1H3,(H,31,32)/t19-,22+/m1/s1. The van der Waals surface area contributed by atoms with Crippen molar-refractivity contribution in [2.45, 2.75) is 45.1 Å². The van der Waals surface area contributed by atoms with Gasteiger partial charge in [-0.05, 0) is 44.2 Å². The van der Waals surface area contributed by atoms with Gasteiger partial charge < -0.3 is 23.8 Å². The summed E-state index contributed by atoms with van der Waals surface area (Å²) in [6, 6.07) is 3.72. The zero-order chi connectivity index (χ0) is 26.3. The van der Waals surface area contributed by atoms with Gasteiger partial charge in [0.05, 0.1) is 32.6 Å². The van der Waals surface area contributed by atoms with Crippen LogP contribution in [-0.4, -0.2) is 69.9 Å². The minimum Gasteiger partial charge on any atom is -0.379 e. The molecule has 10 heteroatoms. The molecule has 0 bridgehead atoms. The van der Waals surface area contributed by atoms with E-state index in [2.05, 4.69) is 25.7 Å². The van der Waals surface area contributed by atoms with Crippen LogP contribution in [0.2, 0.25) is 0 Å². The Kier molecular flexibility index (Phi) is 8.72. The summed E-state index contributed by atoms with van der Waals surface area (Å²) in [6.07, 6.45) is 11.4. The highest BCUT2D eigenvalue weighted by atomic mass is 19.1. The van der Waals surface area contributed by atoms with Crippen molar-refractivity contribution < 1.29 is 23.4 Å². The Hall–Kier alpha value is -3.21. The molecule has 1 saturated carbocycles. The summed E-state index contributed by atoms with van der Waals surface area (Å²) in [7, 11) is 0. The molecule has 202 valence electrons. The van der Waals surface area contributed by atoms with Crippen LogP contribution in [0.25, 0.3) is 33.5 Å². The predicted octanol–water partition coefficient (Wildman–Crippen LogP) is 4.87. The molecule has 1 aliphatic carbocycles. The van der Waals surface area contributed by atoms with Gasteiger partial charge in [0.25, 0.3) is 0 Å². The lowest BCUT2D eigenvalue weighted by Crippen LogP contribution is -2.23. The summed E-state index contributed by atoms with van der Waals surface area (Å²) in [5, 5.41) is 1.60. The molecule has 0 aromatic carbocycles. The van der Waals surface area contributed by atoms with Gasteiger partial charge in [-0.3, -0.25) is 4.79 Å². The Labute approximate surface area is 220 Å². The second-order valence-corrected chi connectivity index (χ2v) is 9.74. The molecule has 1 aliphatic rings. The van der Waals surface area contributed by atoms with Crippen LogP contribution in [0.5, 0.6) is 0 Å². The van der Waals surface area contributed by atoms with E-state index in [4.69, 9.17) is 19.2 Å². The number of halogens is 1. The van der Waals surface area contributed by atoms with Gasteiger partial charge in [-0.1, -0.05) is 6.42 Å². The number of fused-ring (bicyclic) bond motifs is 2. The predicted molar refractivity (Wildman–Crippen MR) is 141 cm³/mol. The van der Waals surface area contributed by atoms with E-state index in [0.29, 0.717) is 67.8 Å². The van der Waals surface area contributed by atoms with Crippen LogP contribution >= 0.6 is 0 Å². The topological polar surface area (TPSA) is 104 Å². The lowest BCUT2D eigenvalue weighted by Gasteiger charge is -2.30. The van der Waals surface area contributed by atoms with Crippen LogP contribution in [0, 0.1) is 11.7 Å². The zero-order valence-corrected chi connectivity index (χ0v) is 21.7. The highest BCUT2D eigenvalue weighted by Crippen LogP contribution is 2.36. The summed E-state index contributed by atoms with van der Waals surface area (Å²) < 4.78 is 32.2. The van der Waals surface area contributed by atoms with Crippen LogP contribution < -0.4 is 0 Å². The van der Waals surface area contributed by atoms with Gasteiger partial charge >= 0.3 is 0 Å². The molecule has 0 unspecified atom stereocenters. The maximum atomic E-state index is 13.8. The Bertz CT molecular complexity index is 1370. The van der Waals surface area contributed by atoms with Crippen molar-refractivity contribution >= 4 is 27.9 Å². The number of aromatic nitrogens is 5. The van der Waals surface area contributed by atoms with E-state index < -0.39 is 5.82 Å². The van der Waals surface area contributed by atoms with Gasteiger partial charge in [0.2, 0.25) is 0 Å². The average Bonchev–Trinajstić information content (AvgIpc) is 3.54. The molecule has 0 spiro atoms. The highest BCUT2D eigenvalue weighted by molar-refractivity contribution is 5.92. The molecule has 2 atom stereocenters. The first-order valence-electron chi connectivity index (χ1n) is 13.3. The smallest absolute Gasteiger partial charge is 0.163 e. The minimum atomic E-state index is -0.401. The van der Waals surface area contributed by atoms with E-state index in [1.165, 1.54) is 12.3 Å². The number of ketones is 1. The molecular weight excluding hydrogens is 489 g/mol. The fourth-order valence-electron chi connectivity index (χ4n) is 5.27. The van der Waals surface area contributed by atoms with Crippen molar-refractivity contribution in [1.82, 2.24) is 24.5 Å². The van der Waals surface area contributed by atoms with Gasteiger partial charge in [0.1, 0.15) is 23.7 Å². The Morgan fingerprint density at radius 3 is 2.84 bits per heavy atom. The molecule has 4 aromatic heterocycles. The van der Waals surface area contributed by atoms with Crippen molar-refractivity contribution in [2.24, 2.45) is 5.92 Å². The molecule has 1 fully saturated rings. The number of pyridine rings is 1. The zero-order valence-electron chi connectivity index (χ0n) is 21.7. The second kappa shape index (κ2) is 12.6. The molecular formula is C28H34FN5O4. The molecule has 5 rings (SSSR count). The Balaban J connectivity index is 1.20. The van der Waals surface area contributed by atoms with E-state index in [-0.39, 0.29) is 18.4 Å². The Morgan fingerprint density at radius 2 is 1.97 bits per heavy atom. The first kappa shape index (κ1) is 26.4. The van der Waals surface area contributed by atoms with E-state index in [1.807, 2.05) is 13.0 Å². The molecule has 9 nitrogen and oxygen atoms in total. The fraction of sp³-hybridized carbons (Fsp3) is 0.500. The number of hydrogen-bond acceptors (Lipinski definition) is 7. The van der Waals surface area contributed by atoms with Crippen LogP contribution in [0.3, 0.4) is 0 Å². The van der Waals surface area contributed by atoms with E-state index in [0.717, 1.165) is 36.7 Å². The summed E-state index contributed by atoms with van der Waals surface area (Å²) in [6.45, 7) is 4.72. The number of hydrogen-bond donors (Lipinski definition) is 1. The van der Waals surface area contributed by atoms with Crippen molar-refractivity contribution in [3.63, 3.8) is 0 Å². The summed E-state index contributed by atoms with van der Waals surface area (Å²) in [5.41, 5.74) is 2.16. The van der Waals surface area contributed by atoms with Gasteiger partial charge in [0, 0.05) is 54.0 Å². The molecule has 0 aliphatic heterocycles. The quantitative estimate of drug-likeness (QED) is 0.249. The minimum absolute atomic E-state index is 0.124. The first-order valence-corrected chi connectivity index (χ1v) is 13.3. The molecule has 4 heterocycles. The SMILES string of the molecule is CCOCCOCCOCC(=O)C[C@@H]1CCC[C@H](n2ccc3cnc(-c4c[nH]c5ncc(F)cc45)nc32)C1. The molecule has 0 amide bonds. The normalized spacial score (nSPS) is 17.9. The van der Waals surface area contributed by atoms with Crippen LogP contribution in [0.4, 0.5) is 4.39 Å². The molecule has 0 saturated heterocycles. The molecule has 0 radical (unpaired) electrons. The van der Waals surface area contributed by atoms with Crippen LogP contribution in [-0.2, 0) is 19.0 Å². The molecule has 4 aromatic rings. The molecule has 1 N–H and O–H groups in total. The number of carbonyl (C=O) groups excluding carboxylic acids is 1. The number of H-pyrrole nitrogens is 1. The summed E-state index contributed by atoms with van der Waals surface area (Å²) >= 11 is 0. The third-order valence-corrected chi connectivity index (χ3v) is 7.07. The lowest BCUT2D eigenvalue weighted by molar-refractivity contribution is -0.125. The van der Waals surface area contributed by atoms with Crippen molar-refractivity contribution in [2.75, 3.05) is 39.6 Å². The van der Waals surface area contributed by atoms with Crippen LogP contribution in [0.15, 0.2) is 36.9 Å². The summed E-state index contributed by atoms with van der Waals surface area (Å²) in [5.74, 6) is 0.570. The maximum Gasteiger partial charge on any atom is 0.163 e.